The third kappa shape index (κ3) is 19.7. The van der Waals surface area contributed by atoms with Crippen LogP contribution < -0.4 is 21.7 Å². The summed E-state index contributed by atoms with van der Waals surface area (Å²) in [7, 11) is 3.11. The van der Waals surface area contributed by atoms with Crippen LogP contribution in [0.3, 0.4) is 0 Å². The molecule has 6 aromatic rings. The number of rotatable bonds is 16. The number of methoxy groups -OCH3 is 2. The summed E-state index contributed by atoms with van der Waals surface area (Å²) < 4.78 is 107. The number of carbonyl (C=O) groups is 2. The number of hydrogen-bond donors (Lipinski definition) is 4. The number of alkyl carbamates (subject to hydrolysis) is 2. The Morgan fingerprint density at radius 3 is 1.62 bits per heavy atom. The van der Waals surface area contributed by atoms with Gasteiger partial charge in [0.25, 0.3) is 0 Å². The molecule has 2 fully saturated rings. The van der Waals surface area contributed by atoms with Gasteiger partial charge in [-0.3, -0.25) is 0 Å². The van der Waals surface area contributed by atoms with Crippen molar-refractivity contribution < 1.29 is 64.4 Å². The second-order valence-corrected chi connectivity index (χ2v) is 19.6. The molecule has 16 nitrogen and oxygen atoms in total. The molecule has 2 aliphatic rings. The standard InChI is InChI=1S/C24H27F3N4O4S.C16H24N2O4.C8H4ClF3N2S/c1-33-14-35-18-8-16(7-17(9-18)31-23(32)34-12-15-5-3-2-4-6-15)30-21-20-10-19(11-24(25,26)27)36-22(20)29-13-28-21;1-20-11-22-15-8-13(17)7-14(9-15)18-16(19)21-10-12-5-3-2-4-6-12;9-6-5-1-4(2-8(10,11)12)15-7(5)14-3-13-6/h2-6,10,13,16-18H,7-9,11-12,14H2,1H3,(H,31,32)(H,28,29,30);2-6,13-15H,7-11,17H2,1H3,(H,18,19);1,3H,2H2/t16-,17+,18-;13-,14+,15-;/m00./s1. The van der Waals surface area contributed by atoms with Gasteiger partial charge in [0, 0.05) is 53.5 Å². The SMILES string of the molecule is COCO[C@@H]1C[C@H](NC(=O)OCc2ccccc2)C[C@H](Nc2ncnc3sc(CC(F)(F)F)cc23)C1.COCO[C@H]1C[C@@H](N)C[C@@H](NC(=O)OCc2ccccc2)C1.FC(F)(F)Cc1cc2c(Cl)ncnc2s1. The van der Waals surface area contributed by atoms with Gasteiger partial charge in [-0.15, -0.1) is 22.7 Å². The molecule has 73 heavy (non-hydrogen) atoms. The van der Waals surface area contributed by atoms with E-state index in [9.17, 15) is 35.9 Å². The molecule has 396 valence electrons. The van der Waals surface area contributed by atoms with Crippen LogP contribution in [0.1, 0.15) is 59.4 Å². The molecule has 2 aromatic carbocycles. The van der Waals surface area contributed by atoms with Crippen LogP contribution in [0.25, 0.3) is 20.4 Å². The minimum atomic E-state index is -4.30. The third-order valence-corrected chi connectivity index (χ3v) is 13.5. The quantitative estimate of drug-likeness (QED) is 0.0405. The van der Waals surface area contributed by atoms with Gasteiger partial charge < -0.3 is 50.1 Å². The highest BCUT2D eigenvalue weighted by Gasteiger charge is 2.33. The lowest BCUT2D eigenvalue weighted by atomic mass is 9.88. The molecular formula is C48H55ClF6N8O8S2. The smallest absolute Gasteiger partial charge is 0.407 e. The predicted molar refractivity (Wildman–Crippen MR) is 263 cm³/mol. The van der Waals surface area contributed by atoms with Gasteiger partial charge in [0.2, 0.25) is 0 Å². The largest absolute Gasteiger partial charge is 0.445 e. The number of carbonyl (C=O) groups excluding carboxylic acids is 2. The first-order chi connectivity index (χ1) is 34.9. The van der Waals surface area contributed by atoms with Gasteiger partial charge in [-0.2, -0.15) is 26.3 Å². The number of nitrogens with zero attached hydrogens (tertiary/aromatic N) is 4. The topological polar surface area (TPSA) is 203 Å². The zero-order valence-electron chi connectivity index (χ0n) is 39.6. The van der Waals surface area contributed by atoms with E-state index in [1.165, 1.54) is 31.9 Å². The van der Waals surface area contributed by atoms with Crippen molar-refractivity contribution in [2.75, 3.05) is 33.1 Å². The van der Waals surface area contributed by atoms with E-state index in [0.29, 0.717) is 45.5 Å². The first-order valence-electron chi connectivity index (χ1n) is 22.8. The van der Waals surface area contributed by atoms with Crippen molar-refractivity contribution in [1.29, 1.82) is 0 Å². The number of aromatic nitrogens is 4. The van der Waals surface area contributed by atoms with Crippen molar-refractivity contribution >= 4 is 72.7 Å². The molecule has 2 saturated carbocycles. The Morgan fingerprint density at radius 2 is 1.11 bits per heavy atom. The zero-order chi connectivity index (χ0) is 52.4. The van der Waals surface area contributed by atoms with E-state index in [2.05, 4.69) is 35.9 Å². The number of nitrogens with two attached hydrogens (primary N) is 1. The average molecular weight is 1090 g/mol. The summed E-state index contributed by atoms with van der Waals surface area (Å²) in [6.45, 7) is 0.755. The normalized spacial score (nSPS) is 20.0. The Morgan fingerprint density at radius 1 is 0.644 bits per heavy atom. The summed E-state index contributed by atoms with van der Waals surface area (Å²) >= 11 is 7.70. The van der Waals surface area contributed by atoms with Gasteiger partial charge in [0.15, 0.2) is 0 Å². The van der Waals surface area contributed by atoms with Crippen LogP contribution in [-0.4, -0.2) is 109 Å². The molecule has 6 atom stereocenters. The van der Waals surface area contributed by atoms with Crippen LogP contribution in [0.2, 0.25) is 5.15 Å². The van der Waals surface area contributed by atoms with Crippen molar-refractivity contribution in [2.45, 2.75) is 113 Å². The Bertz CT molecular complexity index is 2640. The second-order valence-electron chi connectivity index (χ2n) is 17.0. The van der Waals surface area contributed by atoms with Crippen molar-refractivity contribution in [3.8, 4) is 0 Å². The van der Waals surface area contributed by atoms with Gasteiger partial charge in [-0.1, -0.05) is 72.3 Å². The maximum absolute atomic E-state index is 12.9. The number of nitrogens with one attached hydrogen (secondary N) is 3. The van der Waals surface area contributed by atoms with E-state index in [4.69, 9.17) is 45.8 Å². The zero-order valence-corrected chi connectivity index (χ0v) is 42.0. The minimum Gasteiger partial charge on any atom is -0.445 e. The molecule has 4 aromatic heterocycles. The number of fused-ring (bicyclic) bond motifs is 2. The summed E-state index contributed by atoms with van der Waals surface area (Å²) in [5.41, 5.74) is 7.85. The van der Waals surface area contributed by atoms with Gasteiger partial charge in [0.05, 0.1) is 30.4 Å². The van der Waals surface area contributed by atoms with Crippen LogP contribution in [0.4, 0.5) is 41.7 Å². The van der Waals surface area contributed by atoms with Gasteiger partial charge in [0.1, 0.15) is 60.1 Å². The van der Waals surface area contributed by atoms with Gasteiger partial charge in [-0.05, 0) is 61.8 Å². The third-order valence-electron chi connectivity index (χ3n) is 11.1. The Labute approximate surface area is 429 Å². The highest BCUT2D eigenvalue weighted by molar-refractivity contribution is 7.19. The Hall–Kier alpha value is -5.47. The molecule has 4 heterocycles. The average Bonchev–Trinajstić information content (AvgIpc) is 3.95. The number of hydrogen-bond acceptors (Lipinski definition) is 16. The van der Waals surface area contributed by atoms with E-state index >= 15 is 0 Å². The number of anilines is 1. The van der Waals surface area contributed by atoms with Crippen molar-refractivity contribution in [2.24, 2.45) is 5.73 Å². The summed E-state index contributed by atoms with van der Waals surface area (Å²) in [5, 5.41) is 10.3. The number of benzene rings is 2. The van der Waals surface area contributed by atoms with Gasteiger partial charge in [-0.25, -0.2) is 29.5 Å². The number of amides is 2. The fourth-order valence-electron chi connectivity index (χ4n) is 8.05. The summed E-state index contributed by atoms with van der Waals surface area (Å²) in [4.78, 5) is 41.6. The Kier molecular flexibility index (Phi) is 21.6. The number of alkyl halides is 6. The molecule has 0 unspecified atom stereocenters. The van der Waals surface area contributed by atoms with E-state index in [1.807, 2.05) is 60.7 Å². The van der Waals surface area contributed by atoms with E-state index in [0.717, 1.165) is 53.1 Å². The van der Waals surface area contributed by atoms with E-state index in [1.54, 1.807) is 7.11 Å². The first-order valence-corrected chi connectivity index (χ1v) is 24.9. The summed E-state index contributed by atoms with van der Waals surface area (Å²) in [6.07, 6.45) is -5.13. The van der Waals surface area contributed by atoms with Crippen LogP contribution in [0, 0.1) is 0 Å². The molecule has 2 amide bonds. The molecule has 25 heteroatoms. The van der Waals surface area contributed by atoms with Crippen LogP contribution in [0.15, 0.2) is 85.5 Å². The molecule has 0 aliphatic heterocycles. The lowest BCUT2D eigenvalue weighted by Crippen LogP contribution is -2.47. The van der Waals surface area contributed by atoms with Crippen molar-refractivity contribution in [3.63, 3.8) is 0 Å². The molecule has 5 N–H and O–H groups in total. The van der Waals surface area contributed by atoms with Crippen LogP contribution in [0.5, 0.6) is 0 Å². The van der Waals surface area contributed by atoms with Crippen molar-refractivity contribution in [1.82, 2.24) is 30.6 Å². The lowest BCUT2D eigenvalue weighted by molar-refractivity contribution is -0.127. The summed E-state index contributed by atoms with van der Waals surface area (Å²) in [5.74, 6) is 0.451. The number of halogens is 7. The molecular weight excluding hydrogens is 1030 g/mol. The van der Waals surface area contributed by atoms with Crippen LogP contribution in [-0.2, 0) is 54.5 Å². The highest BCUT2D eigenvalue weighted by atomic mass is 35.5. The highest BCUT2D eigenvalue weighted by Crippen LogP contribution is 2.35. The molecule has 0 saturated heterocycles. The number of ether oxygens (including phenoxy) is 6. The maximum atomic E-state index is 12.9. The molecule has 0 radical (unpaired) electrons. The maximum Gasteiger partial charge on any atom is 0.407 e. The monoisotopic (exact) mass is 1080 g/mol. The minimum absolute atomic E-state index is 0.00289. The molecule has 0 bridgehead atoms. The predicted octanol–water partition coefficient (Wildman–Crippen LogP) is 10.3. The molecule has 2 aliphatic carbocycles. The van der Waals surface area contributed by atoms with Gasteiger partial charge >= 0.3 is 24.5 Å². The lowest BCUT2D eigenvalue weighted by Gasteiger charge is -2.35. The fraction of sp³-hybridized carbons (Fsp3) is 0.458. The van der Waals surface area contributed by atoms with E-state index < -0.39 is 37.4 Å². The van der Waals surface area contributed by atoms with Crippen molar-refractivity contribution in [3.05, 3.63) is 111 Å². The fourth-order valence-corrected chi connectivity index (χ4v) is 10.3. The molecule has 8 rings (SSSR count). The van der Waals surface area contributed by atoms with Crippen LogP contribution >= 0.6 is 34.3 Å². The second kappa shape index (κ2) is 27.7. The Balaban J connectivity index is 0.000000198. The number of thiophene rings is 2. The first kappa shape index (κ1) is 56.8. The molecule has 0 spiro atoms. The van der Waals surface area contributed by atoms with E-state index in [-0.39, 0.29) is 78.1 Å². The summed E-state index contributed by atoms with van der Waals surface area (Å²) in [6, 6.07) is 21.4.